The zero-order valence-corrected chi connectivity index (χ0v) is 19.1. The van der Waals surface area contributed by atoms with Crippen LogP contribution in [0, 0.1) is 11.7 Å². The van der Waals surface area contributed by atoms with Gasteiger partial charge in [0.25, 0.3) is 0 Å². The first-order valence-corrected chi connectivity index (χ1v) is 11.6. The SMILES string of the molecule is C.CC(C)([C@@H]1CCN(c2ncc(C(F)(F)F)cc2F)C(=O)C1)S(=O)(=O)c1cccc(OC(F)(F)F)c1. The lowest BCUT2D eigenvalue weighted by molar-refractivity contribution is -0.274. The summed E-state index contributed by atoms with van der Waals surface area (Å²) in [5, 5.41) is 0. The van der Waals surface area contributed by atoms with E-state index in [0.29, 0.717) is 6.20 Å². The zero-order valence-electron chi connectivity index (χ0n) is 18.2. The van der Waals surface area contributed by atoms with Crippen molar-refractivity contribution in [3.63, 3.8) is 0 Å². The van der Waals surface area contributed by atoms with Gasteiger partial charge in [0.2, 0.25) is 5.91 Å². The van der Waals surface area contributed by atoms with Gasteiger partial charge in [0.1, 0.15) is 5.75 Å². The summed E-state index contributed by atoms with van der Waals surface area (Å²) < 4.78 is 119. The number of amides is 1. The van der Waals surface area contributed by atoms with Crippen LogP contribution in [0.4, 0.5) is 36.6 Å². The van der Waals surface area contributed by atoms with Crippen molar-refractivity contribution < 1.29 is 48.7 Å². The summed E-state index contributed by atoms with van der Waals surface area (Å²) in [6, 6.07) is 4.05. The van der Waals surface area contributed by atoms with Crippen molar-refractivity contribution in [2.75, 3.05) is 11.4 Å². The summed E-state index contributed by atoms with van der Waals surface area (Å²) in [6.45, 7) is 2.39. The highest BCUT2D eigenvalue weighted by Crippen LogP contribution is 2.40. The normalized spacial score (nSPS) is 17.5. The molecule has 1 saturated heterocycles. The molecule has 1 aliphatic heterocycles. The number of rotatable bonds is 5. The Bertz CT molecular complexity index is 1230. The Balaban J connectivity index is 0.00000456. The van der Waals surface area contributed by atoms with Crippen LogP contribution < -0.4 is 9.64 Å². The number of ether oxygens (including phenoxy) is 1. The molecule has 1 atom stereocenters. The number of pyridine rings is 1. The summed E-state index contributed by atoms with van der Waals surface area (Å²) in [5.74, 6) is -4.30. The standard InChI is InChI=1S/C21H19F7N2O4S.CH4/c1-19(2,35(32,33)15-5-3-4-14(10-15)34-21(26,27)28)12-6-7-30(17(31)9-12)18-16(22)8-13(11-29-18)20(23,24)25;/h3-5,8,10-12H,6-7,9H2,1-2H3;1H4/t12-;/m1./s1. The Morgan fingerprint density at radius 1 is 1.08 bits per heavy atom. The summed E-state index contributed by atoms with van der Waals surface area (Å²) in [7, 11) is -4.28. The maximum atomic E-state index is 14.3. The average molecular weight is 544 g/mol. The number of nitrogens with zero attached hydrogens (tertiary/aromatic N) is 2. The Kier molecular flexibility index (Phi) is 8.04. The molecule has 0 aliphatic carbocycles. The number of alkyl halides is 6. The number of anilines is 1. The number of hydrogen-bond acceptors (Lipinski definition) is 5. The van der Waals surface area contributed by atoms with E-state index in [4.69, 9.17) is 0 Å². The molecule has 0 radical (unpaired) electrons. The van der Waals surface area contributed by atoms with Crippen molar-refractivity contribution in [1.29, 1.82) is 0 Å². The predicted molar refractivity (Wildman–Crippen MR) is 115 cm³/mol. The topological polar surface area (TPSA) is 76.6 Å². The zero-order chi connectivity index (χ0) is 26.4. The average Bonchev–Trinajstić information content (AvgIpc) is 2.72. The third kappa shape index (κ3) is 5.90. The van der Waals surface area contributed by atoms with Crippen LogP contribution in [-0.2, 0) is 20.8 Å². The van der Waals surface area contributed by atoms with E-state index >= 15 is 0 Å². The van der Waals surface area contributed by atoms with Gasteiger partial charge >= 0.3 is 12.5 Å². The number of benzene rings is 1. The molecular weight excluding hydrogens is 521 g/mol. The van der Waals surface area contributed by atoms with Crippen molar-refractivity contribution in [1.82, 2.24) is 4.98 Å². The number of sulfone groups is 1. The van der Waals surface area contributed by atoms with E-state index in [9.17, 15) is 43.9 Å². The molecule has 1 aromatic heterocycles. The Morgan fingerprint density at radius 3 is 2.25 bits per heavy atom. The second-order valence-electron chi connectivity index (χ2n) is 8.39. The molecule has 2 heterocycles. The molecule has 1 aliphatic rings. The Hall–Kier alpha value is -2.90. The number of halogens is 7. The maximum absolute atomic E-state index is 14.3. The molecule has 0 saturated carbocycles. The van der Waals surface area contributed by atoms with E-state index in [0.717, 1.165) is 29.2 Å². The molecule has 36 heavy (non-hydrogen) atoms. The van der Waals surface area contributed by atoms with Gasteiger partial charge in [0, 0.05) is 19.2 Å². The Morgan fingerprint density at radius 2 is 1.72 bits per heavy atom. The van der Waals surface area contributed by atoms with Crippen molar-refractivity contribution in [2.45, 2.75) is 56.3 Å². The highest BCUT2D eigenvalue weighted by Gasteiger charge is 2.46. The van der Waals surface area contributed by atoms with Gasteiger partial charge in [-0.3, -0.25) is 9.69 Å². The minimum absolute atomic E-state index is 0. The molecule has 2 aromatic rings. The predicted octanol–water partition coefficient (Wildman–Crippen LogP) is 5.77. The third-order valence-electron chi connectivity index (χ3n) is 5.85. The minimum atomic E-state index is -5.03. The van der Waals surface area contributed by atoms with E-state index in [2.05, 4.69) is 9.72 Å². The van der Waals surface area contributed by atoms with Crippen LogP contribution >= 0.6 is 0 Å². The van der Waals surface area contributed by atoms with Crippen molar-refractivity contribution in [3.05, 3.63) is 47.9 Å². The molecule has 0 bridgehead atoms. The first-order chi connectivity index (χ1) is 15.9. The molecule has 3 rings (SSSR count). The minimum Gasteiger partial charge on any atom is -0.406 e. The molecule has 1 amide bonds. The summed E-state index contributed by atoms with van der Waals surface area (Å²) in [6.07, 6.45) is -9.86. The quantitative estimate of drug-likeness (QED) is 0.447. The maximum Gasteiger partial charge on any atom is 0.573 e. The molecule has 0 unspecified atom stereocenters. The molecule has 6 nitrogen and oxygen atoms in total. The van der Waals surface area contributed by atoms with Gasteiger partial charge in [-0.05, 0) is 50.5 Å². The van der Waals surface area contributed by atoms with Crippen LogP contribution in [-0.4, -0.2) is 37.0 Å². The van der Waals surface area contributed by atoms with Crippen LogP contribution in [0.5, 0.6) is 5.75 Å². The van der Waals surface area contributed by atoms with Gasteiger partial charge in [-0.25, -0.2) is 17.8 Å². The van der Waals surface area contributed by atoms with Gasteiger partial charge in [-0.2, -0.15) is 13.2 Å². The molecule has 200 valence electrons. The fourth-order valence-corrected chi connectivity index (χ4v) is 5.57. The molecular formula is C22H23F7N2O4S. The lowest BCUT2D eigenvalue weighted by Gasteiger charge is -2.39. The largest absolute Gasteiger partial charge is 0.573 e. The number of piperidine rings is 1. The highest BCUT2D eigenvalue weighted by molar-refractivity contribution is 7.92. The van der Waals surface area contributed by atoms with Crippen molar-refractivity contribution in [3.8, 4) is 5.75 Å². The van der Waals surface area contributed by atoms with Crippen LogP contribution in [0.1, 0.15) is 39.7 Å². The highest BCUT2D eigenvalue weighted by atomic mass is 32.2. The number of carbonyl (C=O) groups excluding carboxylic acids is 1. The molecule has 1 fully saturated rings. The van der Waals surface area contributed by atoms with E-state index in [-0.39, 0.29) is 26.5 Å². The van der Waals surface area contributed by atoms with Crippen molar-refractivity contribution >= 4 is 21.6 Å². The molecule has 1 aromatic carbocycles. The lowest BCUT2D eigenvalue weighted by atomic mass is 9.85. The van der Waals surface area contributed by atoms with Gasteiger partial charge in [-0.1, -0.05) is 13.5 Å². The van der Waals surface area contributed by atoms with Gasteiger partial charge in [0.15, 0.2) is 21.5 Å². The second-order valence-corrected chi connectivity index (χ2v) is 10.9. The summed E-state index contributed by atoms with van der Waals surface area (Å²) in [4.78, 5) is 16.5. The number of hydrogen-bond donors (Lipinski definition) is 0. The number of carbonyl (C=O) groups is 1. The Labute approximate surface area is 203 Å². The fourth-order valence-electron chi connectivity index (χ4n) is 3.80. The third-order valence-corrected chi connectivity index (χ3v) is 8.45. The van der Waals surface area contributed by atoms with Crippen LogP contribution in [0.3, 0.4) is 0 Å². The summed E-state index contributed by atoms with van der Waals surface area (Å²) >= 11 is 0. The van der Waals surface area contributed by atoms with Gasteiger partial charge in [-0.15, -0.1) is 13.2 Å². The van der Waals surface area contributed by atoms with E-state index in [1.54, 1.807) is 0 Å². The van der Waals surface area contributed by atoms with Crippen LogP contribution in [0.15, 0.2) is 41.4 Å². The molecule has 14 heteroatoms. The number of aromatic nitrogens is 1. The monoisotopic (exact) mass is 544 g/mol. The van der Waals surface area contributed by atoms with E-state index < -0.39 is 73.2 Å². The second kappa shape index (κ2) is 9.87. The first-order valence-electron chi connectivity index (χ1n) is 10.1. The lowest BCUT2D eigenvalue weighted by Crippen LogP contribution is -2.49. The van der Waals surface area contributed by atoms with Crippen LogP contribution in [0.2, 0.25) is 0 Å². The van der Waals surface area contributed by atoms with Gasteiger partial charge < -0.3 is 4.74 Å². The smallest absolute Gasteiger partial charge is 0.406 e. The van der Waals surface area contributed by atoms with Gasteiger partial charge in [0.05, 0.1) is 15.2 Å². The summed E-state index contributed by atoms with van der Waals surface area (Å²) in [5.41, 5.74) is -1.33. The van der Waals surface area contributed by atoms with Crippen molar-refractivity contribution in [2.24, 2.45) is 5.92 Å². The fraction of sp³-hybridized carbons (Fsp3) is 0.455. The van der Waals surface area contributed by atoms with E-state index in [1.807, 2.05) is 0 Å². The first kappa shape index (κ1) is 29.3. The van der Waals surface area contributed by atoms with Crippen LogP contribution in [0.25, 0.3) is 0 Å². The molecule has 0 spiro atoms. The molecule has 0 N–H and O–H groups in total. The van der Waals surface area contributed by atoms with E-state index in [1.165, 1.54) is 13.8 Å².